The van der Waals surface area contributed by atoms with Gasteiger partial charge in [-0.1, -0.05) is 49.6 Å². The Kier molecular flexibility index (Phi) is 15.9. The average Bonchev–Trinajstić information content (AvgIpc) is 2.82. The van der Waals surface area contributed by atoms with Crippen LogP contribution >= 0.6 is 0 Å². The largest absolute Gasteiger partial charge is 0.397 e. The van der Waals surface area contributed by atoms with Crippen molar-refractivity contribution in [3.05, 3.63) is 35.9 Å². The minimum atomic E-state index is -1.18. The molecule has 0 bridgehead atoms. The van der Waals surface area contributed by atoms with Crippen molar-refractivity contribution in [2.24, 2.45) is 0 Å². The maximum Gasteiger partial charge on any atom is 0.384 e. The summed E-state index contributed by atoms with van der Waals surface area (Å²) in [5.41, 5.74) is 1.53. The van der Waals surface area contributed by atoms with Gasteiger partial charge in [-0.3, -0.25) is 0 Å². The quantitative estimate of drug-likeness (QED) is 0.267. The van der Waals surface area contributed by atoms with Crippen LogP contribution in [0.5, 0.6) is 0 Å². The van der Waals surface area contributed by atoms with E-state index in [-0.39, 0.29) is 5.41 Å². The summed E-state index contributed by atoms with van der Waals surface area (Å²) in [7, 11) is 6.97. The van der Waals surface area contributed by atoms with Crippen LogP contribution in [-0.2, 0) is 32.0 Å². The van der Waals surface area contributed by atoms with Crippen LogP contribution in [-0.4, -0.2) is 70.5 Å². The molecule has 0 aliphatic heterocycles. The van der Waals surface area contributed by atoms with Crippen LogP contribution in [0, 0.1) is 0 Å². The lowest BCUT2D eigenvalue weighted by Gasteiger charge is -2.36. The summed E-state index contributed by atoms with van der Waals surface area (Å²) >= 11 is 0. The van der Waals surface area contributed by atoms with E-state index in [1.807, 2.05) is 0 Å². The van der Waals surface area contributed by atoms with E-state index in [0.29, 0.717) is 0 Å². The highest BCUT2D eigenvalue weighted by molar-refractivity contribution is 6.44. The fraction of sp³-hybridized carbons (Fsp3) is 0.727. The fourth-order valence-electron chi connectivity index (χ4n) is 4.18. The van der Waals surface area contributed by atoms with Crippen molar-refractivity contribution in [1.29, 1.82) is 0 Å². The van der Waals surface area contributed by atoms with Gasteiger partial charge in [0.15, 0.2) is 0 Å². The molecule has 6 nitrogen and oxygen atoms in total. The maximum atomic E-state index is 5.52. The Balaban J connectivity index is 3.00. The molecule has 0 atom stereocenters. The standard InChI is InChI=1S/C22H41O6Si3/c1-23-29(24-2)18-10-15-22(21-13-8-7-9-14-21,16-11-19-30(25-3)26-4)17-12-20-31(27-5)28-6/h7-9,13-14H,10-12,15-20H2,1-6H3. The van der Waals surface area contributed by atoms with E-state index >= 15 is 0 Å². The van der Waals surface area contributed by atoms with E-state index in [1.54, 1.807) is 42.7 Å². The molecule has 0 spiro atoms. The zero-order valence-electron chi connectivity index (χ0n) is 20.2. The molecular formula is C22H41O6Si3. The molecule has 177 valence electrons. The highest BCUT2D eigenvalue weighted by Crippen LogP contribution is 2.40. The first-order chi connectivity index (χ1) is 15.1. The smallest absolute Gasteiger partial charge is 0.384 e. The van der Waals surface area contributed by atoms with Gasteiger partial charge in [0.2, 0.25) is 0 Å². The molecular weight excluding hydrogens is 444 g/mol. The average molecular weight is 486 g/mol. The van der Waals surface area contributed by atoms with Crippen LogP contribution in [0.1, 0.15) is 44.1 Å². The minimum Gasteiger partial charge on any atom is -0.397 e. The molecule has 1 aromatic carbocycles. The Morgan fingerprint density at radius 3 is 1.16 bits per heavy atom. The topological polar surface area (TPSA) is 55.4 Å². The molecule has 0 amide bonds. The molecule has 0 aliphatic rings. The fourth-order valence-corrected chi connectivity index (χ4v) is 7.30. The molecule has 0 saturated carbocycles. The molecule has 1 aromatic rings. The highest BCUT2D eigenvalue weighted by Gasteiger charge is 2.33. The van der Waals surface area contributed by atoms with Crippen molar-refractivity contribution < 1.29 is 26.6 Å². The molecule has 3 radical (unpaired) electrons. The van der Waals surface area contributed by atoms with Crippen LogP contribution in [0.3, 0.4) is 0 Å². The summed E-state index contributed by atoms with van der Waals surface area (Å²) in [4.78, 5) is 0. The van der Waals surface area contributed by atoms with Gasteiger partial charge in [-0.2, -0.15) is 0 Å². The molecule has 0 aliphatic carbocycles. The molecule has 0 saturated heterocycles. The molecule has 0 aromatic heterocycles. The van der Waals surface area contributed by atoms with E-state index < -0.39 is 27.9 Å². The molecule has 31 heavy (non-hydrogen) atoms. The van der Waals surface area contributed by atoms with Crippen LogP contribution < -0.4 is 0 Å². The van der Waals surface area contributed by atoms with Crippen molar-refractivity contribution in [3.63, 3.8) is 0 Å². The van der Waals surface area contributed by atoms with Crippen molar-refractivity contribution in [2.75, 3.05) is 42.7 Å². The third kappa shape index (κ3) is 10.4. The zero-order chi connectivity index (χ0) is 23.0. The normalized spacial score (nSPS) is 12.4. The van der Waals surface area contributed by atoms with Crippen molar-refractivity contribution in [2.45, 2.75) is 62.1 Å². The van der Waals surface area contributed by atoms with Crippen molar-refractivity contribution >= 4 is 27.9 Å². The Labute approximate surface area is 195 Å². The summed E-state index contributed by atoms with van der Waals surface area (Å²) in [5, 5.41) is 0. The monoisotopic (exact) mass is 485 g/mol. The van der Waals surface area contributed by atoms with Crippen molar-refractivity contribution in [3.8, 4) is 0 Å². The SMILES string of the molecule is CO[Si](CCCC(CCC[Si](OC)OC)(CCC[Si](OC)OC)c1ccccc1)OC. The first kappa shape index (κ1) is 28.7. The Morgan fingerprint density at radius 2 is 0.871 bits per heavy atom. The van der Waals surface area contributed by atoms with Crippen LogP contribution in [0.2, 0.25) is 18.1 Å². The summed E-state index contributed by atoms with van der Waals surface area (Å²) in [6.45, 7) is 0. The van der Waals surface area contributed by atoms with Gasteiger partial charge in [-0.25, -0.2) is 0 Å². The third-order valence-corrected chi connectivity index (χ3v) is 10.9. The summed E-state index contributed by atoms with van der Waals surface area (Å²) in [5.74, 6) is 0. The second kappa shape index (κ2) is 17.2. The summed E-state index contributed by atoms with van der Waals surface area (Å²) in [6.07, 6.45) is 6.60. The lowest BCUT2D eigenvalue weighted by molar-refractivity contribution is 0.260. The van der Waals surface area contributed by atoms with Gasteiger partial charge in [-0.15, -0.1) is 0 Å². The van der Waals surface area contributed by atoms with Gasteiger partial charge in [0.25, 0.3) is 0 Å². The molecule has 9 heteroatoms. The number of benzene rings is 1. The predicted octanol–water partition coefficient (Wildman–Crippen LogP) is 4.61. The Morgan fingerprint density at radius 1 is 0.548 bits per heavy atom. The second-order valence-electron chi connectivity index (χ2n) is 7.55. The summed E-state index contributed by atoms with van der Waals surface area (Å²) in [6, 6.07) is 13.9. The predicted molar refractivity (Wildman–Crippen MR) is 130 cm³/mol. The molecule has 0 N–H and O–H groups in total. The molecule has 0 unspecified atom stereocenters. The van der Waals surface area contributed by atoms with Gasteiger partial charge in [-0.05, 0) is 48.4 Å². The second-order valence-corrected chi connectivity index (χ2v) is 13.7. The number of rotatable bonds is 19. The zero-order valence-corrected chi connectivity index (χ0v) is 23.2. The van der Waals surface area contributed by atoms with Crippen LogP contribution in [0.15, 0.2) is 30.3 Å². The number of hydrogen-bond donors (Lipinski definition) is 0. The van der Waals surface area contributed by atoms with E-state index in [9.17, 15) is 0 Å². The first-order valence-electron chi connectivity index (χ1n) is 11.0. The lowest BCUT2D eigenvalue weighted by Crippen LogP contribution is -2.30. The number of hydrogen-bond acceptors (Lipinski definition) is 6. The molecule has 1 rings (SSSR count). The minimum absolute atomic E-state index is 0.110. The summed E-state index contributed by atoms with van der Waals surface area (Å²) < 4.78 is 33.1. The van der Waals surface area contributed by atoms with E-state index in [1.165, 1.54) is 5.56 Å². The van der Waals surface area contributed by atoms with Gasteiger partial charge in [0, 0.05) is 42.7 Å². The van der Waals surface area contributed by atoms with Gasteiger partial charge < -0.3 is 26.6 Å². The van der Waals surface area contributed by atoms with E-state index in [2.05, 4.69) is 30.3 Å². The van der Waals surface area contributed by atoms with Crippen LogP contribution in [0.25, 0.3) is 0 Å². The van der Waals surface area contributed by atoms with Gasteiger partial charge in [0.05, 0.1) is 0 Å². The molecule has 0 fully saturated rings. The van der Waals surface area contributed by atoms with Crippen LogP contribution in [0.4, 0.5) is 0 Å². The third-order valence-electron chi connectivity index (χ3n) is 5.86. The Hall–Kier alpha value is -0.369. The Bertz CT molecular complexity index is 494. The maximum absolute atomic E-state index is 5.52. The van der Waals surface area contributed by atoms with Gasteiger partial charge >= 0.3 is 27.9 Å². The van der Waals surface area contributed by atoms with E-state index in [4.69, 9.17) is 26.6 Å². The van der Waals surface area contributed by atoms with Gasteiger partial charge in [0.1, 0.15) is 0 Å². The van der Waals surface area contributed by atoms with E-state index in [0.717, 1.165) is 56.7 Å². The lowest BCUT2D eigenvalue weighted by atomic mass is 9.70. The highest BCUT2D eigenvalue weighted by atomic mass is 28.3. The first-order valence-corrected chi connectivity index (χ1v) is 15.5. The molecule has 0 heterocycles. The van der Waals surface area contributed by atoms with Crippen molar-refractivity contribution in [1.82, 2.24) is 0 Å².